The van der Waals surface area contributed by atoms with E-state index in [4.69, 9.17) is 11.6 Å². The van der Waals surface area contributed by atoms with E-state index in [0.29, 0.717) is 11.5 Å². The number of nitrogens with one attached hydrogen (secondary N) is 1. The molecule has 0 aliphatic rings. The molecule has 0 aliphatic heterocycles. The lowest BCUT2D eigenvalue weighted by Gasteiger charge is -2.06. The highest BCUT2D eigenvalue weighted by Crippen LogP contribution is 2.22. The Morgan fingerprint density at radius 2 is 2.19 bits per heavy atom. The number of amides is 1. The number of carbonyl (C=O) groups excluding carboxylic acids is 1. The van der Waals surface area contributed by atoms with E-state index in [-0.39, 0.29) is 22.8 Å². The van der Waals surface area contributed by atoms with E-state index in [0.717, 1.165) is 0 Å². The Labute approximate surface area is 125 Å². The van der Waals surface area contributed by atoms with Gasteiger partial charge in [-0.2, -0.15) is 0 Å². The first kappa shape index (κ1) is 14.9. The van der Waals surface area contributed by atoms with E-state index in [1.54, 1.807) is 19.2 Å². The lowest BCUT2D eigenvalue weighted by molar-refractivity contribution is -0.385. The van der Waals surface area contributed by atoms with Gasteiger partial charge in [0.2, 0.25) is 0 Å². The number of benzene rings is 1. The second-order valence-corrected chi connectivity index (χ2v) is 4.63. The maximum atomic E-state index is 12.1. The normalized spacial score (nSPS) is 10.2. The molecule has 0 atom stereocenters. The van der Waals surface area contributed by atoms with Crippen LogP contribution >= 0.6 is 11.6 Å². The largest absolute Gasteiger partial charge is 0.346 e. The van der Waals surface area contributed by atoms with Crippen molar-refractivity contribution in [2.24, 2.45) is 0 Å². The van der Waals surface area contributed by atoms with Crippen molar-refractivity contribution in [2.75, 3.05) is 0 Å². The first-order valence-electron chi connectivity index (χ1n) is 5.98. The van der Waals surface area contributed by atoms with Crippen LogP contribution in [0.5, 0.6) is 0 Å². The molecule has 0 aliphatic carbocycles. The second-order valence-electron chi connectivity index (χ2n) is 4.20. The van der Waals surface area contributed by atoms with Crippen LogP contribution in [0, 0.1) is 17.0 Å². The standard InChI is InChI=1S/C13H11ClN4O3/c1-8-15-5-4-10(17-8)7-16-13(19)11-6-9(14)2-3-12(11)18(20)21/h2-6H,7H2,1H3,(H,16,19). The highest BCUT2D eigenvalue weighted by Gasteiger charge is 2.20. The van der Waals surface area contributed by atoms with Crippen molar-refractivity contribution >= 4 is 23.2 Å². The molecule has 0 saturated heterocycles. The Kier molecular flexibility index (Phi) is 4.44. The second kappa shape index (κ2) is 6.27. The van der Waals surface area contributed by atoms with Gasteiger partial charge in [0.05, 0.1) is 17.2 Å². The van der Waals surface area contributed by atoms with Crippen LogP contribution in [0.1, 0.15) is 21.9 Å². The number of hydrogen-bond acceptors (Lipinski definition) is 5. The molecule has 0 fully saturated rings. The van der Waals surface area contributed by atoms with Gasteiger partial charge in [0.1, 0.15) is 11.4 Å². The minimum atomic E-state index is -0.625. The zero-order chi connectivity index (χ0) is 15.4. The van der Waals surface area contributed by atoms with Gasteiger partial charge in [0.15, 0.2) is 0 Å². The first-order valence-corrected chi connectivity index (χ1v) is 6.36. The number of rotatable bonds is 4. The third-order valence-corrected chi connectivity index (χ3v) is 2.90. The van der Waals surface area contributed by atoms with Gasteiger partial charge in [0.25, 0.3) is 11.6 Å². The van der Waals surface area contributed by atoms with E-state index in [9.17, 15) is 14.9 Å². The number of carbonyl (C=O) groups is 1. The predicted octanol–water partition coefficient (Wildman–Crippen LogP) is 2.28. The predicted molar refractivity (Wildman–Crippen MR) is 76.0 cm³/mol. The molecule has 1 aromatic heterocycles. The molecule has 1 heterocycles. The van der Waals surface area contributed by atoms with Crippen LogP contribution in [0.4, 0.5) is 5.69 Å². The average Bonchev–Trinajstić information content (AvgIpc) is 2.44. The number of nitrogens with zero attached hydrogens (tertiary/aromatic N) is 3. The SMILES string of the molecule is Cc1nccc(CNC(=O)c2cc(Cl)ccc2[N+](=O)[O-])n1. The van der Waals surface area contributed by atoms with E-state index >= 15 is 0 Å². The molecule has 1 amide bonds. The van der Waals surface area contributed by atoms with Gasteiger partial charge in [0, 0.05) is 17.3 Å². The van der Waals surface area contributed by atoms with E-state index in [1.807, 2.05) is 0 Å². The lowest BCUT2D eigenvalue weighted by Crippen LogP contribution is -2.24. The molecule has 1 N–H and O–H groups in total. The molecule has 1 aromatic carbocycles. The van der Waals surface area contributed by atoms with Gasteiger partial charge in [-0.15, -0.1) is 0 Å². The summed E-state index contributed by atoms with van der Waals surface area (Å²) in [6.45, 7) is 1.87. The van der Waals surface area contributed by atoms with Crippen LogP contribution in [0.2, 0.25) is 5.02 Å². The Morgan fingerprint density at radius 3 is 2.86 bits per heavy atom. The summed E-state index contributed by atoms with van der Waals surface area (Å²) in [6.07, 6.45) is 1.58. The molecule has 0 unspecified atom stereocenters. The van der Waals surface area contributed by atoms with Crippen molar-refractivity contribution in [1.82, 2.24) is 15.3 Å². The van der Waals surface area contributed by atoms with Crippen molar-refractivity contribution in [3.05, 3.63) is 62.7 Å². The smallest absolute Gasteiger partial charge is 0.282 e. The molecule has 2 aromatic rings. The molecular formula is C13H11ClN4O3. The fourth-order valence-corrected chi connectivity index (χ4v) is 1.89. The van der Waals surface area contributed by atoms with Crippen LogP contribution in [0.15, 0.2) is 30.5 Å². The number of aryl methyl sites for hydroxylation is 1. The Morgan fingerprint density at radius 1 is 1.43 bits per heavy atom. The van der Waals surface area contributed by atoms with Crippen LogP contribution in [-0.2, 0) is 6.54 Å². The molecule has 7 nitrogen and oxygen atoms in total. The third kappa shape index (κ3) is 3.73. The number of nitro groups is 1. The maximum Gasteiger partial charge on any atom is 0.282 e. The Bertz CT molecular complexity index is 706. The fraction of sp³-hybridized carbons (Fsp3) is 0.154. The van der Waals surface area contributed by atoms with Crippen LogP contribution < -0.4 is 5.32 Å². The van der Waals surface area contributed by atoms with E-state index in [2.05, 4.69) is 15.3 Å². The van der Waals surface area contributed by atoms with Gasteiger partial charge in [-0.3, -0.25) is 14.9 Å². The van der Waals surface area contributed by atoms with Gasteiger partial charge >= 0.3 is 0 Å². The first-order chi connectivity index (χ1) is 9.97. The Balaban J connectivity index is 2.17. The zero-order valence-electron chi connectivity index (χ0n) is 11.0. The minimum absolute atomic E-state index is 0.0849. The summed E-state index contributed by atoms with van der Waals surface area (Å²) < 4.78 is 0. The van der Waals surface area contributed by atoms with E-state index in [1.165, 1.54) is 18.2 Å². The highest BCUT2D eigenvalue weighted by atomic mass is 35.5. The van der Waals surface area contributed by atoms with Gasteiger partial charge in [-0.25, -0.2) is 9.97 Å². The van der Waals surface area contributed by atoms with Crippen LogP contribution in [0.3, 0.4) is 0 Å². The summed E-state index contributed by atoms with van der Waals surface area (Å²) in [7, 11) is 0. The van der Waals surface area contributed by atoms with Crippen LogP contribution in [0.25, 0.3) is 0 Å². The van der Waals surface area contributed by atoms with Gasteiger partial charge in [-0.05, 0) is 25.1 Å². The van der Waals surface area contributed by atoms with Gasteiger partial charge < -0.3 is 5.32 Å². The van der Waals surface area contributed by atoms with Crippen molar-refractivity contribution in [3.63, 3.8) is 0 Å². The molecule has 108 valence electrons. The molecule has 8 heteroatoms. The summed E-state index contributed by atoms with van der Waals surface area (Å²) in [5.74, 6) is -0.00375. The molecule has 0 bridgehead atoms. The monoisotopic (exact) mass is 306 g/mol. The number of aromatic nitrogens is 2. The number of hydrogen-bond donors (Lipinski definition) is 1. The fourth-order valence-electron chi connectivity index (χ4n) is 1.72. The Hall–Kier alpha value is -2.54. The summed E-state index contributed by atoms with van der Waals surface area (Å²) in [4.78, 5) is 30.4. The van der Waals surface area contributed by atoms with Crippen LogP contribution in [-0.4, -0.2) is 20.8 Å². The molecule has 0 saturated carbocycles. The molecule has 0 spiro atoms. The lowest BCUT2D eigenvalue weighted by atomic mass is 10.1. The summed E-state index contributed by atoms with van der Waals surface area (Å²) in [5.41, 5.74) is 0.231. The zero-order valence-corrected chi connectivity index (χ0v) is 11.8. The molecule has 21 heavy (non-hydrogen) atoms. The number of nitro benzene ring substituents is 1. The molecule has 0 radical (unpaired) electrons. The number of halogens is 1. The topological polar surface area (TPSA) is 98.0 Å². The average molecular weight is 307 g/mol. The minimum Gasteiger partial charge on any atom is -0.346 e. The van der Waals surface area contributed by atoms with Crippen molar-refractivity contribution in [1.29, 1.82) is 0 Å². The molecular weight excluding hydrogens is 296 g/mol. The van der Waals surface area contributed by atoms with Crippen molar-refractivity contribution in [3.8, 4) is 0 Å². The molecule has 2 rings (SSSR count). The van der Waals surface area contributed by atoms with E-state index < -0.39 is 10.8 Å². The summed E-state index contributed by atoms with van der Waals surface area (Å²) in [6, 6.07) is 5.48. The maximum absolute atomic E-state index is 12.1. The highest BCUT2D eigenvalue weighted by molar-refractivity contribution is 6.31. The summed E-state index contributed by atoms with van der Waals surface area (Å²) in [5, 5.41) is 13.7. The van der Waals surface area contributed by atoms with Crippen molar-refractivity contribution < 1.29 is 9.72 Å². The third-order valence-electron chi connectivity index (χ3n) is 2.66. The quantitative estimate of drug-likeness (QED) is 0.690. The van der Waals surface area contributed by atoms with Gasteiger partial charge in [-0.1, -0.05) is 11.6 Å². The summed E-state index contributed by atoms with van der Waals surface area (Å²) >= 11 is 5.78. The van der Waals surface area contributed by atoms with Crippen molar-refractivity contribution in [2.45, 2.75) is 13.5 Å².